The van der Waals surface area contributed by atoms with Crippen molar-refractivity contribution in [1.29, 1.82) is 10.8 Å². The summed E-state index contributed by atoms with van der Waals surface area (Å²) in [6, 6.07) is 39.6. The van der Waals surface area contributed by atoms with Crippen LogP contribution < -0.4 is 4.90 Å². The Labute approximate surface area is 222 Å². The van der Waals surface area contributed by atoms with Crippen LogP contribution in [-0.2, 0) is 0 Å². The molecule has 0 amide bonds. The van der Waals surface area contributed by atoms with Gasteiger partial charge in [-0.2, -0.15) is 0 Å². The summed E-state index contributed by atoms with van der Waals surface area (Å²) in [5.74, 6) is 0.498. The number of hydrogen-bond donors (Lipinski definition) is 2. The molecule has 0 aliphatic rings. The monoisotopic (exact) mass is 510 g/mol. The minimum absolute atomic E-state index is 0.249. The van der Waals surface area contributed by atoms with Gasteiger partial charge in [0.1, 0.15) is 27.3 Å². The highest BCUT2D eigenvalue weighted by Gasteiger charge is 2.24. The molecule has 7 rings (SSSR count). The fourth-order valence-electron chi connectivity index (χ4n) is 5.00. The lowest BCUT2D eigenvalue weighted by Gasteiger charge is -2.24. The fourth-order valence-corrected chi connectivity index (χ4v) is 6.03. The summed E-state index contributed by atoms with van der Waals surface area (Å²) in [7, 11) is 0. The first-order chi connectivity index (χ1) is 18.7. The number of anilines is 1. The summed E-state index contributed by atoms with van der Waals surface area (Å²) in [6.45, 7) is 0. The number of thiophene rings is 1. The third-order valence-corrected chi connectivity index (χ3v) is 7.81. The lowest BCUT2D eigenvalue weighted by Crippen LogP contribution is -2.36. The first-order valence-corrected chi connectivity index (χ1v) is 13.1. The highest BCUT2D eigenvalue weighted by atomic mass is 32.1. The predicted octanol–water partition coefficient (Wildman–Crippen LogP) is 8.45. The van der Waals surface area contributed by atoms with Gasteiger partial charge >= 0.3 is 0 Å². The fraction of sp³-hybridized carbons (Fsp3) is 0. The van der Waals surface area contributed by atoms with Gasteiger partial charge in [0.2, 0.25) is 5.71 Å². The van der Waals surface area contributed by atoms with Crippen LogP contribution in [0.4, 0.5) is 5.00 Å². The molecule has 0 bridgehead atoms. The Morgan fingerprint density at radius 2 is 1.21 bits per heavy atom. The van der Waals surface area contributed by atoms with Gasteiger partial charge in [0.05, 0.1) is 10.9 Å². The van der Waals surface area contributed by atoms with Gasteiger partial charge in [-0.3, -0.25) is 20.3 Å². The quantitative estimate of drug-likeness (QED) is 0.184. The largest absolute Gasteiger partial charge is 0.439 e. The van der Waals surface area contributed by atoms with Gasteiger partial charge in [-0.25, -0.2) is 0 Å². The number of hydrogen-bond acceptors (Lipinski definition) is 4. The van der Waals surface area contributed by atoms with E-state index in [0.29, 0.717) is 0 Å². The maximum absolute atomic E-state index is 9.09. The van der Waals surface area contributed by atoms with E-state index < -0.39 is 0 Å². The van der Waals surface area contributed by atoms with Gasteiger partial charge in [-0.15, -0.1) is 0 Å². The zero-order chi connectivity index (χ0) is 25.6. The molecule has 0 fully saturated rings. The molecule has 4 aromatic carbocycles. The third kappa shape index (κ3) is 3.46. The van der Waals surface area contributed by atoms with Crippen molar-refractivity contribution in [3.8, 4) is 5.00 Å². The lowest BCUT2D eigenvalue weighted by atomic mass is 10.1. The van der Waals surface area contributed by atoms with Gasteiger partial charge in [0.25, 0.3) is 0 Å². The van der Waals surface area contributed by atoms with E-state index >= 15 is 0 Å². The molecule has 182 valence electrons. The SMILES string of the molecule is N=C(c1ccccc1)N(C(=N)c1ccccc1)c1ccc(-n2c3ccccc3c3c4ccccc4oc32)s1. The van der Waals surface area contributed by atoms with Gasteiger partial charge < -0.3 is 4.42 Å². The Morgan fingerprint density at radius 3 is 1.89 bits per heavy atom. The van der Waals surface area contributed by atoms with Crippen molar-refractivity contribution in [2.75, 3.05) is 4.90 Å². The number of rotatable bonds is 4. The van der Waals surface area contributed by atoms with Gasteiger partial charge in [-0.1, -0.05) is 108 Å². The summed E-state index contributed by atoms with van der Waals surface area (Å²) in [5, 5.41) is 23.2. The van der Waals surface area contributed by atoms with Gasteiger partial charge in [0, 0.05) is 21.9 Å². The van der Waals surface area contributed by atoms with E-state index in [1.54, 1.807) is 4.90 Å². The average Bonchev–Trinajstić information content (AvgIpc) is 3.67. The van der Waals surface area contributed by atoms with Crippen LogP contribution in [0.5, 0.6) is 0 Å². The molecular weight excluding hydrogens is 488 g/mol. The van der Waals surface area contributed by atoms with Crippen molar-refractivity contribution >= 4 is 61.0 Å². The van der Waals surface area contributed by atoms with E-state index in [-0.39, 0.29) is 11.7 Å². The predicted molar refractivity (Wildman–Crippen MR) is 157 cm³/mol. The van der Waals surface area contributed by atoms with Crippen LogP contribution in [0.25, 0.3) is 38.0 Å². The Bertz CT molecular complexity index is 1910. The summed E-state index contributed by atoms with van der Waals surface area (Å²) >= 11 is 1.53. The molecule has 0 unspecified atom stereocenters. The number of nitrogens with one attached hydrogen (secondary N) is 2. The van der Waals surface area contributed by atoms with Gasteiger partial charge in [0.15, 0.2) is 0 Å². The molecule has 2 N–H and O–H groups in total. The van der Waals surface area contributed by atoms with Crippen LogP contribution in [0.1, 0.15) is 11.1 Å². The Hall–Kier alpha value is -4.94. The molecule has 0 aliphatic carbocycles. The van der Waals surface area contributed by atoms with E-state index in [4.69, 9.17) is 15.2 Å². The Morgan fingerprint density at radius 1 is 0.632 bits per heavy atom. The molecule has 3 aromatic heterocycles. The topological polar surface area (TPSA) is 69.0 Å². The van der Waals surface area contributed by atoms with Crippen molar-refractivity contribution in [3.63, 3.8) is 0 Å². The normalized spacial score (nSPS) is 11.4. The van der Waals surface area contributed by atoms with Gasteiger partial charge in [-0.05, 0) is 24.3 Å². The molecule has 0 radical (unpaired) electrons. The highest BCUT2D eigenvalue weighted by molar-refractivity contribution is 7.19. The standard InChI is InChI=1S/C32H22N4OS/c33-30(21-11-3-1-4-12-21)36(31(34)22-13-5-2-6-14-22)28-20-19-27(38-28)35-25-17-9-7-15-23(25)29-24-16-8-10-18-26(24)37-32(29)35/h1-20,33-34H. The summed E-state index contributed by atoms with van der Waals surface area (Å²) in [6.07, 6.45) is 0. The lowest BCUT2D eigenvalue weighted by molar-refractivity contribution is 0.646. The second-order valence-electron chi connectivity index (χ2n) is 9.01. The minimum atomic E-state index is 0.249. The molecule has 7 aromatic rings. The van der Waals surface area contributed by atoms with Crippen LogP contribution in [0, 0.1) is 10.8 Å². The van der Waals surface area contributed by atoms with Crippen LogP contribution in [-0.4, -0.2) is 16.2 Å². The zero-order valence-electron chi connectivity index (χ0n) is 20.3. The Balaban J connectivity index is 1.41. The first kappa shape index (κ1) is 22.3. The number of fused-ring (bicyclic) bond motifs is 5. The number of furan rings is 1. The second-order valence-corrected chi connectivity index (χ2v) is 10.0. The number of amidine groups is 2. The number of para-hydroxylation sites is 2. The minimum Gasteiger partial charge on any atom is -0.439 e. The van der Waals surface area contributed by atoms with E-state index in [1.807, 2.05) is 97.1 Å². The van der Waals surface area contributed by atoms with E-state index in [0.717, 1.165) is 54.1 Å². The maximum Gasteiger partial charge on any atom is 0.214 e. The van der Waals surface area contributed by atoms with E-state index in [2.05, 4.69) is 28.8 Å². The first-order valence-electron chi connectivity index (χ1n) is 12.3. The van der Waals surface area contributed by atoms with Crippen LogP contribution >= 0.6 is 11.3 Å². The van der Waals surface area contributed by atoms with E-state index in [1.165, 1.54) is 11.3 Å². The molecule has 3 heterocycles. The smallest absolute Gasteiger partial charge is 0.214 e. The second kappa shape index (κ2) is 8.87. The molecule has 0 saturated carbocycles. The van der Waals surface area contributed by atoms with Crippen molar-refractivity contribution in [2.24, 2.45) is 0 Å². The van der Waals surface area contributed by atoms with Crippen molar-refractivity contribution in [2.45, 2.75) is 0 Å². The van der Waals surface area contributed by atoms with Crippen LogP contribution in [0.15, 0.2) is 126 Å². The highest BCUT2D eigenvalue weighted by Crippen LogP contribution is 2.41. The number of benzene rings is 4. The third-order valence-electron chi connectivity index (χ3n) is 6.75. The molecule has 0 saturated heterocycles. The van der Waals surface area contributed by atoms with Crippen LogP contribution in [0.2, 0.25) is 0 Å². The maximum atomic E-state index is 9.09. The molecular formula is C32H22N4OS. The zero-order valence-corrected chi connectivity index (χ0v) is 21.1. The van der Waals surface area contributed by atoms with Crippen molar-refractivity contribution in [1.82, 2.24) is 4.57 Å². The average molecular weight is 511 g/mol. The number of nitrogens with zero attached hydrogens (tertiary/aromatic N) is 2. The summed E-state index contributed by atoms with van der Waals surface area (Å²) in [4.78, 5) is 1.71. The molecule has 38 heavy (non-hydrogen) atoms. The van der Waals surface area contributed by atoms with Crippen molar-refractivity contribution < 1.29 is 4.42 Å². The number of aromatic nitrogens is 1. The Kier molecular flexibility index (Phi) is 5.20. The molecule has 6 heteroatoms. The summed E-state index contributed by atoms with van der Waals surface area (Å²) in [5.41, 5.74) is 4.20. The molecule has 0 aliphatic heterocycles. The summed E-state index contributed by atoms with van der Waals surface area (Å²) < 4.78 is 8.55. The van der Waals surface area contributed by atoms with Crippen molar-refractivity contribution in [3.05, 3.63) is 132 Å². The molecule has 0 atom stereocenters. The molecule has 0 spiro atoms. The van der Waals surface area contributed by atoms with E-state index in [9.17, 15) is 0 Å². The molecule has 5 nitrogen and oxygen atoms in total. The van der Waals surface area contributed by atoms with Crippen LogP contribution in [0.3, 0.4) is 0 Å².